The van der Waals surface area contributed by atoms with E-state index in [0.717, 1.165) is 37.2 Å². The first-order valence-electron chi connectivity index (χ1n) is 7.50. The van der Waals surface area contributed by atoms with Gasteiger partial charge in [0.25, 0.3) is 0 Å². The minimum Gasteiger partial charge on any atom is -0.398 e. The van der Waals surface area contributed by atoms with E-state index < -0.39 is 0 Å². The molecular weight excluding hydrogens is 302 g/mol. The highest BCUT2D eigenvalue weighted by atomic mass is 35.5. The number of nitrogens with one attached hydrogen (secondary N) is 1. The number of carbonyl (C=O) groups is 1. The highest BCUT2D eigenvalue weighted by Crippen LogP contribution is 2.36. The van der Waals surface area contributed by atoms with Crippen molar-refractivity contribution in [2.75, 3.05) is 37.4 Å². The standard InChI is InChI=1S/C15H22ClN5O/c1-20-9-19-14(22)15(20)2-4-21(5-3-15)13-7-10(16)6-12(18)11(13)8-17/h6-7H,2-5,8-9,17-18H2,1H3,(H,19,22). The number of anilines is 2. The van der Waals surface area contributed by atoms with Crippen LogP contribution in [0.3, 0.4) is 0 Å². The second kappa shape index (κ2) is 5.61. The average molecular weight is 324 g/mol. The third-order valence-electron chi connectivity index (χ3n) is 4.99. The molecule has 0 atom stereocenters. The lowest BCUT2D eigenvalue weighted by atomic mass is 9.86. The van der Waals surface area contributed by atoms with Gasteiger partial charge >= 0.3 is 0 Å². The van der Waals surface area contributed by atoms with Gasteiger partial charge in [-0.05, 0) is 32.0 Å². The van der Waals surface area contributed by atoms with Crippen molar-refractivity contribution in [2.45, 2.75) is 24.9 Å². The van der Waals surface area contributed by atoms with Gasteiger partial charge < -0.3 is 21.7 Å². The number of rotatable bonds is 2. The van der Waals surface area contributed by atoms with Crippen LogP contribution < -0.4 is 21.7 Å². The van der Waals surface area contributed by atoms with E-state index in [4.69, 9.17) is 23.1 Å². The molecule has 3 rings (SSSR count). The van der Waals surface area contributed by atoms with Crippen LogP contribution in [0.1, 0.15) is 18.4 Å². The molecule has 0 aromatic heterocycles. The highest BCUT2D eigenvalue weighted by Gasteiger charge is 2.48. The van der Waals surface area contributed by atoms with Crippen LogP contribution in [0.5, 0.6) is 0 Å². The molecule has 2 aliphatic rings. The van der Waals surface area contributed by atoms with Gasteiger partial charge in [0, 0.05) is 41.6 Å². The molecule has 0 bridgehead atoms. The summed E-state index contributed by atoms with van der Waals surface area (Å²) in [6.07, 6.45) is 1.57. The van der Waals surface area contributed by atoms with Gasteiger partial charge in [-0.2, -0.15) is 0 Å². The lowest BCUT2D eigenvalue weighted by Crippen LogP contribution is -2.55. The fraction of sp³-hybridized carbons (Fsp3) is 0.533. The first-order valence-corrected chi connectivity index (χ1v) is 7.88. The summed E-state index contributed by atoms with van der Waals surface area (Å²) in [6, 6.07) is 3.65. The molecule has 0 radical (unpaired) electrons. The number of hydrogen-bond donors (Lipinski definition) is 3. The Morgan fingerprint density at radius 2 is 2.05 bits per heavy atom. The molecule has 22 heavy (non-hydrogen) atoms. The molecule has 7 heteroatoms. The van der Waals surface area contributed by atoms with Crippen LogP contribution in [0.2, 0.25) is 5.02 Å². The van der Waals surface area contributed by atoms with E-state index in [1.807, 2.05) is 13.1 Å². The number of halogens is 1. The maximum atomic E-state index is 12.2. The van der Waals surface area contributed by atoms with E-state index in [-0.39, 0.29) is 11.4 Å². The summed E-state index contributed by atoms with van der Waals surface area (Å²) >= 11 is 6.15. The Bertz CT molecular complexity index is 598. The van der Waals surface area contributed by atoms with Crippen molar-refractivity contribution in [3.8, 4) is 0 Å². The van der Waals surface area contributed by atoms with Crippen LogP contribution in [0.15, 0.2) is 12.1 Å². The number of piperidine rings is 1. The zero-order chi connectivity index (χ0) is 15.9. The number of likely N-dealkylation sites (N-methyl/N-ethyl adjacent to an activating group) is 1. The molecule has 1 aromatic carbocycles. The van der Waals surface area contributed by atoms with Gasteiger partial charge in [0.15, 0.2) is 0 Å². The average Bonchev–Trinajstić information content (AvgIpc) is 2.76. The van der Waals surface area contributed by atoms with Crippen molar-refractivity contribution in [1.29, 1.82) is 0 Å². The van der Waals surface area contributed by atoms with Crippen molar-refractivity contribution in [3.63, 3.8) is 0 Å². The summed E-state index contributed by atoms with van der Waals surface area (Å²) in [5.41, 5.74) is 14.0. The Kier molecular flexibility index (Phi) is 3.92. The monoisotopic (exact) mass is 323 g/mol. The van der Waals surface area contributed by atoms with Gasteiger partial charge in [-0.1, -0.05) is 11.6 Å². The van der Waals surface area contributed by atoms with E-state index in [2.05, 4.69) is 15.1 Å². The molecule has 0 aliphatic carbocycles. The van der Waals surface area contributed by atoms with Crippen LogP contribution in [0, 0.1) is 0 Å². The number of nitrogens with zero attached hydrogens (tertiary/aromatic N) is 2. The largest absolute Gasteiger partial charge is 0.398 e. The molecule has 1 amide bonds. The van der Waals surface area contributed by atoms with Gasteiger partial charge in [0.1, 0.15) is 5.54 Å². The Hall–Kier alpha value is -1.50. The van der Waals surface area contributed by atoms with Crippen molar-refractivity contribution >= 4 is 28.9 Å². The SMILES string of the molecule is CN1CNC(=O)C12CCN(c1cc(Cl)cc(N)c1CN)CC2. The summed E-state index contributed by atoms with van der Waals surface area (Å²) in [7, 11) is 2.00. The molecule has 5 N–H and O–H groups in total. The number of carbonyl (C=O) groups excluding carboxylic acids is 1. The highest BCUT2D eigenvalue weighted by molar-refractivity contribution is 6.31. The molecule has 0 unspecified atom stereocenters. The fourth-order valence-corrected chi connectivity index (χ4v) is 3.77. The van der Waals surface area contributed by atoms with Crippen molar-refractivity contribution in [1.82, 2.24) is 10.2 Å². The molecule has 120 valence electrons. The van der Waals surface area contributed by atoms with Crippen LogP contribution in [0.4, 0.5) is 11.4 Å². The smallest absolute Gasteiger partial charge is 0.241 e. The summed E-state index contributed by atoms with van der Waals surface area (Å²) in [6.45, 7) is 2.56. The maximum Gasteiger partial charge on any atom is 0.241 e. The Labute approximate surface area is 135 Å². The number of benzene rings is 1. The zero-order valence-electron chi connectivity index (χ0n) is 12.7. The molecule has 2 aliphatic heterocycles. The minimum absolute atomic E-state index is 0.138. The van der Waals surface area contributed by atoms with Gasteiger partial charge in [0.05, 0.1) is 6.67 Å². The number of nitrogen functional groups attached to an aromatic ring is 1. The normalized spacial score (nSPS) is 21.4. The van der Waals surface area contributed by atoms with Gasteiger partial charge in [-0.15, -0.1) is 0 Å². The third-order valence-corrected chi connectivity index (χ3v) is 5.21. The van der Waals surface area contributed by atoms with Crippen LogP contribution >= 0.6 is 11.6 Å². The molecule has 2 heterocycles. The zero-order valence-corrected chi connectivity index (χ0v) is 13.5. The third kappa shape index (κ3) is 2.31. The predicted molar refractivity (Wildman–Crippen MR) is 88.7 cm³/mol. The second-order valence-corrected chi connectivity index (χ2v) is 6.51. The topological polar surface area (TPSA) is 87.6 Å². The lowest BCUT2D eigenvalue weighted by molar-refractivity contribution is -0.127. The molecule has 2 fully saturated rings. The van der Waals surface area contributed by atoms with Crippen molar-refractivity contribution in [3.05, 3.63) is 22.7 Å². The Balaban J connectivity index is 1.84. The molecule has 2 saturated heterocycles. The second-order valence-electron chi connectivity index (χ2n) is 6.08. The molecule has 0 saturated carbocycles. The first-order chi connectivity index (χ1) is 10.5. The number of hydrogen-bond acceptors (Lipinski definition) is 5. The fourth-order valence-electron chi connectivity index (χ4n) is 3.55. The van der Waals surface area contributed by atoms with Crippen LogP contribution in [-0.4, -0.2) is 43.2 Å². The van der Waals surface area contributed by atoms with E-state index in [1.165, 1.54) is 0 Å². The van der Waals surface area contributed by atoms with Crippen LogP contribution in [0.25, 0.3) is 0 Å². The number of nitrogens with two attached hydrogens (primary N) is 2. The minimum atomic E-state index is -0.372. The van der Waals surface area contributed by atoms with Crippen molar-refractivity contribution in [2.24, 2.45) is 5.73 Å². The van der Waals surface area contributed by atoms with E-state index in [1.54, 1.807) is 6.07 Å². The Morgan fingerprint density at radius 3 is 2.59 bits per heavy atom. The first kappa shape index (κ1) is 15.4. The van der Waals surface area contributed by atoms with E-state index >= 15 is 0 Å². The Morgan fingerprint density at radius 1 is 1.36 bits per heavy atom. The van der Waals surface area contributed by atoms with Gasteiger partial charge in [-0.25, -0.2) is 0 Å². The van der Waals surface area contributed by atoms with Gasteiger partial charge in [-0.3, -0.25) is 9.69 Å². The lowest BCUT2D eigenvalue weighted by Gasteiger charge is -2.42. The predicted octanol–water partition coefficient (Wildman–Crippen LogP) is 0.739. The molecule has 1 spiro atoms. The maximum absolute atomic E-state index is 12.2. The molecule has 6 nitrogen and oxygen atoms in total. The summed E-state index contributed by atoms with van der Waals surface area (Å²) in [4.78, 5) is 16.5. The van der Waals surface area contributed by atoms with Gasteiger partial charge in [0.2, 0.25) is 5.91 Å². The van der Waals surface area contributed by atoms with Crippen molar-refractivity contribution < 1.29 is 4.79 Å². The molecule has 1 aromatic rings. The summed E-state index contributed by atoms with van der Waals surface area (Å²) < 4.78 is 0. The van der Waals surface area contributed by atoms with E-state index in [9.17, 15) is 4.79 Å². The summed E-state index contributed by atoms with van der Waals surface area (Å²) in [5, 5.41) is 3.54. The quantitative estimate of drug-likeness (QED) is 0.699. The molecular formula is C15H22ClN5O. The van der Waals surface area contributed by atoms with E-state index in [0.29, 0.717) is 23.9 Å². The van der Waals surface area contributed by atoms with Crippen LogP contribution in [-0.2, 0) is 11.3 Å². The number of amides is 1. The summed E-state index contributed by atoms with van der Waals surface area (Å²) in [5.74, 6) is 0.138.